The van der Waals surface area contributed by atoms with Gasteiger partial charge >= 0.3 is 0 Å². The van der Waals surface area contributed by atoms with Crippen LogP contribution in [0, 0.1) is 0 Å². The fraction of sp³-hybridized carbons (Fsp3) is 0.400. The molecule has 0 fully saturated rings. The topological polar surface area (TPSA) is 83.6 Å². The SMILES string of the molecule is CC(O)CN(C)C(=O)c1nc2ncc(Br)cn2n1. The molecule has 0 aliphatic rings. The van der Waals surface area contributed by atoms with Crippen molar-refractivity contribution in [3.8, 4) is 0 Å². The lowest BCUT2D eigenvalue weighted by Crippen LogP contribution is -2.33. The Labute approximate surface area is 112 Å². The van der Waals surface area contributed by atoms with Gasteiger partial charge in [-0.2, -0.15) is 4.98 Å². The number of carbonyl (C=O) groups is 1. The number of likely N-dealkylation sites (N-methyl/N-ethyl adjacent to an activating group) is 1. The highest BCUT2D eigenvalue weighted by Crippen LogP contribution is 2.08. The Kier molecular flexibility index (Phi) is 3.58. The summed E-state index contributed by atoms with van der Waals surface area (Å²) in [5, 5.41) is 13.3. The predicted octanol–water partition coefficient (Wildman–Crippen LogP) is 0.340. The summed E-state index contributed by atoms with van der Waals surface area (Å²) in [4.78, 5) is 21.4. The Morgan fingerprint density at radius 3 is 3.06 bits per heavy atom. The van der Waals surface area contributed by atoms with Gasteiger partial charge in [0.15, 0.2) is 0 Å². The van der Waals surface area contributed by atoms with Gasteiger partial charge in [-0.3, -0.25) is 4.79 Å². The van der Waals surface area contributed by atoms with E-state index < -0.39 is 6.10 Å². The van der Waals surface area contributed by atoms with Crippen LogP contribution in [0.4, 0.5) is 0 Å². The average Bonchev–Trinajstić information content (AvgIpc) is 2.69. The zero-order valence-corrected chi connectivity index (χ0v) is 11.5. The second-order valence-corrected chi connectivity index (χ2v) is 4.90. The van der Waals surface area contributed by atoms with Crippen LogP contribution >= 0.6 is 15.9 Å². The Morgan fingerprint density at radius 2 is 2.39 bits per heavy atom. The van der Waals surface area contributed by atoms with E-state index in [4.69, 9.17) is 0 Å². The molecule has 1 N–H and O–H groups in total. The zero-order valence-electron chi connectivity index (χ0n) is 9.91. The van der Waals surface area contributed by atoms with Crippen molar-refractivity contribution in [3.05, 3.63) is 22.7 Å². The van der Waals surface area contributed by atoms with Crippen molar-refractivity contribution in [2.45, 2.75) is 13.0 Å². The molecule has 0 saturated carbocycles. The van der Waals surface area contributed by atoms with Gasteiger partial charge in [0.1, 0.15) is 0 Å². The molecular formula is C10H12BrN5O2. The second kappa shape index (κ2) is 4.99. The Hall–Kier alpha value is -1.54. The van der Waals surface area contributed by atoms with Crippen LogP contribution in [-0.2, 0) is 0 Å². The van der Waals surface area contributed by atoms with Crippen LogP contribution in [-0.4, -0.2) is 55.2 Å². The van der Waals surface area contributed by atoms with E-state index in [1.165, 1.54) is 9.42 Å². The molecule has 1 unspecified atom stereocenters. The maximum Gasteiger partial charge on any atom is 0.293 e. The van der Waals surface area contributed by atoms with Gasteiger partial charge in [-0.1, -0.05) is 0 Å². The fourth-order valence-electron chi connectivity index (χ4n) is 1.50. The van der Waals surface area contributed by atoms with Crippen LogP contribution in [0.15, 0.2) is 16.9 Å². The first-order valence-corrected chi connectivity index (χ1v) is 6.08. The zero-order chi connectivity index (χ0) is 13.3. The normalized spacial score (nSPS) is 12.7. The van der Waals surface area contributed by atoms with Crippen molar-refractivity contribution < 1.29 is 9.90 Å². The summed E-state index contributed by atoms with van der Waals surface area (Å²) in [6.45, 7) is 1.84. The van der Waals surface area contributed by atoms with Crippen molar-refractivity contribution in [2.75, 3.05) is 13.6 Å². The van der Waals surface area contributed by atoms with E-state index in [0.29, 0.717) is 5.78 Å². The van der Waals surface area contributed by atoms with Crippen molar-refractivity contribution in [1.29, 1.82) is 0 Å². The molecule has 0 aromatic carbocycles. The molecule has 0 bridgehead atoms. The summed E-state index contributed by atoms with van der Waals surface area (Å²) in [7, 11) is 1.59. The monoisotopic (exact) mass is 313 g/mol. The Morgan fingerprint density at radius 1 is 1.67 bits per heavy atom. The molecule has 2 heterocycles. The van der Waals surface area contributed by atoms with Gasteiger partial charge in [-0.05, 0) is 22.9 Å². The van der Waals surface area contributed by atoms with Crippen molar-refractivity contribution in [2.24, 2.45) is 0 Å². The van der Waals surface area contributed by atoms with Gasteiger partial charge in [0, 0.05) is 26.0 Å². The minimum atomic E-state index is -0.594. The van der Waals surface area contributed by atoms with Crippen molar-refractivity contribution >= 4 is 27.6 Å². The highest BCUT2D eigenvalue weighted by atomic mass is 79.9. The van der Waals surface area contributed by atoms with Crippen LogP contribution in [0.1, 0.15) is 17.5 Å². The first-order valence-electron chi connectivity index (χ1n) is 5.29. The third kappa shape index (κ3) is 2.65. The second-order valence-electron chi connectivity index (χ2n) is 3.99. The molecule has 1 amide bonds. The number of halogens is 1. The maximum absolute atomic E-state index is 12.0. The fourth-order valence-corrected chi connectivity index (χ4v) is 1.80. The average molecular weight is 314 g/mol. The van der Waals surface area contributed by atoms with E-state index in [1.54, 1.807) is 26.4 Å². The van der Waals surface area contributed by atoms with E-state index in [9.17, 15) is 9.90 Å². The minimum absolute atomic E-state index is 0.0590. The van der Waals surface area contributed by atoms with E-state index in [-0.39, 0.29) is 18.3 Å². The quantitative estimate of drug-likeness (QED) is 0.883. The summed E-state index contributed by atoms with van der Waals surface area (Å²) in [5.74, 6) is 0.0632. The largest absolute Gasteiger partial charge is 0.392 e. The summed E-state index contributed by atoms with van der Waals surface area (Å²) in [6, 6.07) is 0. The molecule has 8 heteroatoms. The number of carbonyl (C=O) groups excluding carboxylic acids is 1. The van der Waals surface area contributed by atoms with Crippen LogP contribution in [0.3, 0.4) is 0 Å². The third-order valence-electron chi connectivity index (χ3n) is 2.24. The predicted molar refractivity (Wildman–Crippen MR) is 67.1 cm³/mol. The van der Waals surface area contributed by atoms with E-state index >= 15 is 0 Å². The smallest absolute Gasteiger partial charge is 0.293 e. The number of hydrogen-bond donors (Lipinski definition) is 1. The number of rotatable bonds is 3. The molecule has 0 aliphatic carbocycles. The van der Waals surface area contributed by atoms with E-state index in [1.807, 2.05) is 0 Å². The molecule has 0 radical (unpaired) electrons. The van der Waals surface area contributed by atoms with Gasteiger partial charge in [0.05, 0.1) is 10.6 Å². The number of nitrogens with zero attached hydrogens (tertiary/aromatic N) is 5. The van der Waals surface area contributed by atoms with Gasteiger partial charge in [0.25, 0.3) is 11.7 Å². The number of aromatic nitrogens is 4. The number of aliphatic hydroxyl groups is 1. The third-order valence-corrected chi connectivity index (χ3v) is 2.65. The van der Waals surface area contributed by atoms with Crippen LogP contribution in [0.5, 0.6) is 0 Å². The van der Waals surface area contributed by atoms with Gasteiger partial charge in [0.2, 0.25) is 5.82 Å². The highest BCUT2D eigenvalue weighted by molar-refractivity contribution is 9.10. The highest BCUT2D eigenvalue weighted by Gasteiger charge is 2.18. The van der Waals surface area contributed by atoms with Crippen LogP contribution in [0.2, 0.25) is 0 Å². The molecule has 0 aliphatic heterocycles. The van der Waals surface area contributed by atoms with Crippen LogP contribution < -0.4 is 0 Å². The summed E-state index contributed by atoms with van der Waals surface area (Å²) >= 11 is 3.26. The number of aliphatic hydroxyl groups excluding tert-OH is 1. The van der Waals surface area contributed by atoms with Gasteiger partial charge in [-0.15, -0.1) is 5.10 Å². The van der Waals surface area contributed by atoms with E-state index in [0.717, 1.165) is 4.47 Å². The van der Waals surface area contributed by atoms with Gasteiger partial charge in [-0.25, -0.2) is 9.50 Å². The molecular weight excluding hydrogens is 302 g/mol. The first kappa shape index (κ1) is 12.9. The summed E-state index contributed by atoms with van der Waals surface area (Å²) in [5.41, 5.74) is 0. The lowest BCUT2D eigenvalue weighted by atomic mass is 10.3. The molecule has 96 valence electrons. The molecule has 2 aromatic heterocycles. The lowest BCUT2D eigenvalue weighted by Gasteiger charge is -2.16. The van der Waals surface area contributed by atoms with Crippen molar-refractivity contribution in [3.63, 3.8) is 0 Å². The molecule has 0 saturated heterocycles. The van der Waals surface area contributed by atoms with Crippen LogP contribution in [0.25, 0.3) is 5.78 Å². The Bertz CT molecular complexity index is 583. The Balaban J connectivity index is 2.28. The molecule has 2 rings (SSSR count). The van der Waals surface area contributed by atoms with Gasteiger partial charge < -0.3 is 10.0 Å². The maximum atomic E-state index is 12.0. The number of amides is 1. The molecule has 0 spiro atoms. The lowest BCUT2D eigenvalue weighted by molar-refractivity contribution is 0.0692. The molecule has 1 atom stereocenters. The first-order chi connectivity index (χ1) is 8.47. The van der Waals surface area contributed by atoms with E-state index in [2.05, 4.69) is 31.0 Å². The van der Waals surface area contributed by atoms with Crippen molar-refractivity contribution in [1.82, 2.24) is 24.5 Å². The number of fused-ring (bicyclic) bond motifs is 1. The summed E-state index contributed by atoms with van der Waals surface area (Å²) in [6.07, 6.45) is 2.65. The molecule has 2 aromatic rings. The molecule has 18 heavy (non-hydrogen) atoms. The minimum Gasteiger partial charge on any atom is -0.392 e. The number of hydrogen-bond acceptors (Lipinski definition) is 5. The standard InChI is InChI=1S/C10H12BrN5O2/c1-6(17)4-15(2)9(18)8-13-10-12-3-7(11)5-16(10)14-8/h3,5-6,17H,4H2,1-2H3. The summed E-state index contributed by atoms with van der Waals surface area (Å²) < 4.78 is 2.17. The molecule has 7 nitrogen and oxygen atoms in total.